The zero-order chi connectivity index (χ0) is 46.3. The number of hydrogen-bond donors (Lipinski definition) is 0. The molecule has 0 saturated carbocycles. The van der Waals surface area contributed by atoms with Crippen molar-refractivity contribution in [2.24, 2.45) is 0 Å². The molecule has 0 unspecified atom stereocenters. The number of thiophene rings is 6. The Kier molecular flexibility index (Phi) is 20.8. The number of unbranched alkanes of at least 4 members (excludes halogenated alkanes) is 9. The van der Waals surface area contributed by atoms with E-state index in [-0.39, 0.29) is 0 Å². The standard InChI is InChI=1S/C62H66S6/c1(7-15-49-23-27-51(28-24-49)31-33-59-43-39-55(65-59)17-9-3-5-11-19-57-41-45-61(67-57)37-35-53-21-13-47-63-53)2-8-16-50-25-29-52(30-26-50)32-34-60-44-40-56(66-60)18-10-4-6-12-20-58-42-46-62(68-58)38-36-54-22-14-48-64-54/h13-14,21-48H,1-12,15-20H2/b33-31+,34-32+,37-35+,38-36+. The number of aryl methyl sites for hydroxylation is 6. The molecule has 0 saturated heterocycles. The zero-order valence-electron chi connectivity index (χ0n) is 39.5. The second-order valence-corrected chi connectivity index (χ2v) is 24.6. The van der Waals surface area contributed by atoms with E-state index in [1.54, 1.807) is 22.7 Å². The molecule has 8 aromatic rings. The highest BCUT2D eigenvalue weighted by atomic mass is 32.1. The van der Waals surface area contributed by atoms with Gasteiger partial charge in [-0.05, 0) is 207 Å². The quantitative estimate of drug-likeness (QED) is 0.0410. The Morgan fingerprint density at radius 3 is 0.853 bits per heavy atom. The Hall–Kier alpha value is -4.40. The van der Waals surface area contributed by atoms with Crippen LogP contribution in [0.3, 0.4) is 0 Å². The summed E-state index contributed by atoms with van der Waals surface area (Å²) < 4.78 is 0. The fourth-order valence-corrected chi connectivity index (χ4v) is 13.5. The van der Waals surface area contributed by atoms with Crippen LogP contribution in [0.5, 0.6) is 0 Å². The first-order valence-electron chi connectivity index (χ1n) is 25.0. The van der Waals surface area contributed by atoms with Crippen LogP contribution < -0.4 is 0 Å². The van der Waals surface area contributed by atoms with Gasteiger partial charge in [-0.15, -0.1) is 68.0 Å². The lowest BCUT2D eigenvalue weighted by atomic mass is 10.0. The molecule has 8 rings (SSSR count). The Morgan fingerprint density at radius 1 is 0.250 bits per heavy atom. The van der Waals surface area contributed by atoms with E-state index in [1.165, 1.54) is 187 Å². The van der Waals surface area contributed by atoms with Gasteiger partial charge in [0, 0.05) is 48.8 Å². The van der Waals surface area contributed by atoms with E-state index in [9.17, 15) is 0 Å². The van der Waals surface area contributed by atoms with Crippen molar-refractivity contribution in [1.82, 2.24) is 0 Å². The molecule has 0 aliphatic rings. The van der Waals surface area contributed by atoms with Crippen molar-refractivity contribution in [1.29, 1.82) is 0 Å². The topological polar surface area (TPSA) is 0 Å². The molecule has 0 atom stereocenters. The third kappa shape index (κ3) is 17.8. The van der Waals surface area contributed by atoms with Gasteiger partial charge >= 0.3 is 0 Å². The molecule has 0 N–H and O–H groups in total. The summed E-state index contributed by atoms with van der Waals surface area (Å²) >= 11 is 11.4. The van der Waals surface area contributed by atoms with Crippen LogP contribution in [0.4, 0.5) is 0 Å². The van der Waals surface area contributed by atoms with Gasteiger partial charge < -0.3 is 0 Å². The molecule has 6 heteroatoms. The smallest absolute Gasteiger partial charge is 0.0273 e. The van der Waals surface area contributed by atoms with Crippen LogP contribution in [0.2, 0.25) is 0 Å². The first-order chi connectivity index (χ1) is 33.6. The molecule has 0 aliphatic carbocycles. The van der Waals surface area contributed by atoms with E-state index in [4.69, 9.17) is 0 Å². The fourth-order valence-electron chi connectivity index (χ4n) is 8.44. The van der Waals surface area contributed by atoms with E-state index in [1.807, 2.05) is 45.3 Å². The largest absolute Gasteiger partial charge is 0.144 e. The predicted molar refractivity (Wildman–Crippen MR) is 312 cm³/mol. The van der Waals surface area contributed by atoms with Crippen molar-refractivity contribution >= 4 is 117 Å². The highest BCUT2D eigenvalue weighted by molar-refractivity contribution is 7.14. The van der Waals surface area contributed by atoms with Crippen LogP contribution in [0.1, 0.15) is 148 Å². The fraction of sp³-hybridized carbons (Fsp3) is 0.290. The van der Waals surface area contributed by atoms with Gasteiger partial charge in [-0.25, -0.2) is 0 Å². The van der Waals surface area contributed by atoms with Crippen LogP contribution in [0.25, 0.3) is 48.6 Å². The summed E-state index contributed by atoms with van der Waals surface area (Å²) in [5.41, 5.74) is 5.48. The molecule has 6 heterocycles. The van der Waals surface area contributed by atoms with E-state index in [0.717, 1.165) is 0 Å². The van der Waals surface area contributed by atoms with Gasteiger partial charge in [-0.1, -0.05) is 111 Å². The SMILES string of the molecule is C(=C\c1ccc(CCCCCCc2ccc(/C=C/c3cccs3)s2)s1)/c1ccc(CCCCCCc2ccc(/C=C/c3ccc(CCCCCCc4ccc(/C=C/c5cccs5)s4)s3)cc2)cc1. The molecule has 0 nitrogen and oxygen atoms in total. The summed E-state index contributed by atoms with van der Waals surface area (Å²) in [5, 5.41) is 4.27. The zero-order valence-corrected chi connectivity index (χ0v) is 44.4. The lowest BCUT2D eigenvalue weighted by Gasteiger charge is -2.04. The van der Waals surface area contributed by atoms with Crippen LogP contribution in [-0.2, 0) is 38.5 Å². The third-order valence-corrected chi connectivity index (χ3v) is 18.5. The summed E-state index contributed by atoms with van der Waals surface area (Å²) in [4.78, 5) is 14.1. The molecular weight excluding hydrogens is 937 g/mol. The maximum atomic E-state index is 2.33. The first kappa shape index (κ1) is 50.0. The normalized spacial score (nSPS) is 12.1. The molecule has 0 spiro atoms. The predicted octanol–water partition coefficient (Wildman–Crippen LogP) is 20.8. The highest BCUT2D eigenvalue weighted by Gasteiger charge is 2.04. The Morgan fingerprint density at radius 2 is 0.544 bits per heavy atom. The monoisotopic (exact) mass is 1000 g/mol. The van der Waals surface area contributed by atoms with E-state index >= 15 is 0 Å². The molecule has 0 bridgehead atoms. The summed E-state index contributed by atoms with van der Waals surface area (Å²) in [6, 6.07) is 45.4. The molecular formula is C62H66S6. The van der Waals surface area contributed by atoms with E-state index in [2.05, 4.69) is 181 Å². The molecule has 0 aliphatic heterocycles. The van der Waals surface area contributed by atoms with Crippen molar-refractivity contribution in [3.05, 3.63) is 203 Å². The number of benzene rings is 2. The average molecular weight is 1000 g/mol. The number of rotatable bonds is 29. The second-order valence-electron chi connectivity index (χ2n) is 17.8. The Bertz CT molecular complexity index is 2530. The third-order valence-electron chi connectivity index (χ3n) is 12.4. The number of hydrogen-bond acceptors (Lipinski definition) is 6. The van der Waals surface area contributed by atoms with E-state index in [0.29, 0.717) is 0 Å². The van der Waals surface area contributed by atoms with Gasteiger partial charge in [0.25, 0.3) is 0 Å². The summed E-state index contributed by atoms with van der Waals surface area (Å²) in [7, 11) is 0. The first-order valence-corrected chi connectivity index (χ1v) is 30.0. The maximum absolute atomic E-state index is 2.33. The van der Waals surface area contributed by atoms with Gasteiger partial charge in [0.05, 0.1) is 0 Å². The van der Waals surface area contributed by atoms with Gasteiger partial charge in [-0.3, -0.25) is 0 Å². The van der Waals surface area contributed by atoms with Gasteiger partial charge in [0.15, 0.2) is 0 Å². The molecule has 0 fully saturated rings. The lowest BCUT2D eigenvalue weighted by Crippen LogP contribution is -1.89. The van der Waals surface area contributed by atoms with Crippen molar-refractivity contribution < 1.29 is 0 Å². The van der Waals surface area contributed by atoms with Crippen LogP contribution in [0, 0.1) is 0 Å². The van der Waals surface area contributed by atoms with Gasteiger partial charge in [0.1, 0.15) is 0 Å². The van der Waals surface area contributed by atoms with Crippen LogP contribution >= 0.6 is 68.0 Å². The van der Waals surface area contributed by atoms with Crippen molar-refractivity contribution in [3.63, 3.8) is 0 Å². The molecule has 68 heavy (non-hydrogen) atoms. The average Bonchev–Trinajstić information content (AvgIpc) is 4.24. The maximum Gasteiger partial charge on any atom is 0.0273 e. The minimum atomic E-state index is 1.17. The van der Waals surface area contributed by atoms with Crippen molar-refractivity contribution in [2.45, 2.75) is 116 Å². The Balaban J connectivity index is 0.626. The summed E-state index contributed by atoms with van der Waals surface area (Å²) in [5.74, 6) is 0. The van der Waals surface area contributed by atoms with Gasteiger partial charge in [-0.2, -0.15) is 0 Å². The van der Waals surface area contributed by atoms with Gasteiger partial charge in [0.2, 0.25) is 0 Å². The van der Waals surface area contributed by atoms with E-state index < -0.39 is 0 Å². The molecule has 0 amide bonds. The molecule has 2 aromatic carbocycles. The van der Waals surface area contributed by atoms with Crippen molar-refractivity contribution in [3.8, 4) is 0 Å². The molecule has 6 aromatic heterocycles. The lowest BCUT2D eigenvalue weighted by molar-refractivity contribution is 0.640. The summed E-state index contributed by atoms with van der Waals surface area (Å²) in [6.07, 6.45) is 40.7. The Labute approximate surface area is 431 Å². The minimum Gasteiger partial charge on any atom is -0.144 e. The highest BCUT2D eigenvalue weighted by Crippen LogP contribution is 2.27. The minimum absolute atomic E-state index is 1.17. The van der Waals surface area contributed by atoms with Crippen LogP contribution in [0.15, 0.2) is 132 Å². The summed E-state index contributed by atoms with van der Waals surface area (Å²) in [6.45, 7) is 0. The van der Waals surface area contributed by atoms with Crippen LogP contribution in [-0.4, -0.2) is 0 Å². The molecule has 0 radical (unpaired) electrons. The molecule has 350 valence electrons. The van der Waals surface area contributed by atoms with Crippen molar-refractivity contribution in [2.75, 3.05) is 0 Å². The second kappa shape index (κ2) is 28.3.